The number of anilines is 2. The first-order chi connectivity index (χ1) is 16.7. The molecule has 176 valence electrons. The van der Waals surface area contributed by atoms with Gasteiger partial charge in [0.2, 0.25) is 0 Å². The predicted molar refractivity (Wildman–Crippen MR) is 126 cm³/mol. The van der Waals surface area contributed by atoms with Crippen molar-refractivity contribution < 1.29 is 17.2 Å². The second kappa shape index (κ2) is 9.56. The molecule has 0 aliphatic heterocycles. The summed E-state index contributed by atoms with van der Waals surface area (Å²) in [5, 5.41) is 12.1. The van der Waals surface area contributed by atoms with Crippen molar-refractivity contribution in [2.45, 2.75) is 24.5 Å². The molecule has 0 spiro atoms. The third kappa shape index (κ3) is 5.31. The minimum Gasteiger partial charge on any atom is -0.325 e. The topological polar surface area (TPSA) is 109 Å². The number of benzene rings is 1. The molecular formula is C25H19F2N5O2S. The van der Waals surface area contributed by atoms with E-state index in [0.717, 1.165) is 12.1 Å². The lowest BCUT2D eigenvalue weighted by molar-refractivity contribution is 0.548. The molecule has 10 heteroatoms. The molecule has 1 N–H and O–H groups in total. The van der Waals surface area contributed by atoms with Gasteiger partial charge in [-0.3, -0.25) is 4.98 Å². The molecule has 1 aromatic carbocycles. The third-order valence-corrected chi connectivity index (χ3v) is 7.01. The fourth-order valence-electron chi connectivity index (χ4n) is 3.45. The molecule has 0 radical (unpaired) electrons. The Balaban J connectivity index is 1.62. The molecule has 0 saturated carbocycles. The van der Waals surface area contributed by atoms with Gasteiger partial charge in [-0.05, 0) is 67.4 Å². The molecule has 3 aromatic heterocycles. The second-order valence-electron chi connectivity index (χ2n) is 7.80. The number of aryl methyl sites for hydroxylation is 2. The number of hydrogen-bond acceptors (Lipinski definition) is 7. The Morgan fingerprint density at radius 2 is 1.74 bits per heavy atom. The van der Waals surface area contributed by atoms with Gasteiger partial charge in [0, 0.05) is 29.7 Å². The number of sulfone groups is 1. The summed E-state index contributed by atoms with van der Waals surface area (Å²) in [6, 6.07) is 12.9. The predicted octanol–water partition coefficient (Wildman–Crippen LogP) is 5.02. The minimum atomic E-state index is -4.08. The van der Waals surface area contributed by atoms with Crippen LogP contribution in [0.25, 0.3) is 11.1 Å². The molecule has 7 nitrogen and oxygen atoms in total. The van der Waals surface area contributed by atoms with Crippen LogP contribution in [0.4, 0.5) is 20.4 Å². The van der Waals surface area contributed by atoms with Gasteiger partial charge in [-0.15, -0.1) is 0 Å². The quantitative estimate of drug-likeness (QED) is 0.377. The van der Waals surface area contributed by atoms with Crippen LogP contribution in [0.1, 0.15) is 22.5 Å². The Hall–Kier alpha value is -4.23. The first kappa shape index (κ1) is 23.9. The summed E-state index contributed by atoms with van der Waals surface area (Å²) in [6.45, 7) is 3.40. The van der Waals surface area contributed by atoms with Gasteiger partial charge < -0.3 is 5.32 Å². The van der Waals surface area contributed by atoms with Gasteiger partial charge in [0.05, 0.1) is 17.0 Å². The summed E-state index contributed by atoms with van der Waals surface area (Å²) in [6.07, 6.45) is 3.19. The van der Waals surface area contributed by atoms with Crippen molar-refractivity contribution in [3.63, 3.8) is 0 Å². The Kier molecular flexibility index (Phi) is 6.53. The van der Waals surface area contributed by atoms with E-state index in [2.05, 4.69) is 26.3 Å². The van der Waals surface area contributed by atoms with Crippen LogP contribution < -0.4 is 5.32 Å². The average molecular weight is 492 g/mol. The summed E-state index contributed by atoms with van der Waals surface area (Å²) < 4.78 is 53.0. The lowest BCUT2D eigenvalue weighted by Crippen LogP contribution is -2.09. The molecule has 0 fully saturated rings. The number of pyridine rings is 3. The number of nitrogens with one attached hydrogen (secondary N) is 1. The van der Waals surface area contributed by atoms with E-state index in [9.17, 15) is 17.2 Å². The van der Waals surface area contributed by atoms with Crippen molar-refractivity contribution in [3.8, 4) is 17.2 Å². The molecule has 4 rings (SSSR count). The third-order valence-electron chi connectivity index (χ3n) is 5.32. The molecule has 0 saturated heterocycles. The van der Waals surface area contributed by atoms with E-state index in [1.807, 2.05) is 0 Å². The standard InChI is InChI=1S/C25H19F2N5O2S/c1-15-20(14-35(33,34)23-5-4-21(26)11-22(23)27)9-19(13-30-15)17-7-8-29-25(10-17)32-24-6-3-18(12-28)16(2)31-24/h3-11,13H,14H2,1-2H3,(H,29,31,32). The van der Waals surface area contributed by atoms with E-state index >= 15 is 0 Å². The summed E-state index contributed by atoms with van der Waals surface area (Å²) in [5.74, 6) is -1.48. The Bertz CT molecular complexity index is 1580. The van der Waals surface area contributed by atoms with Crippen LogP contribution >= 0.6 is 0 Å². The first-order valence-electron chi connectivity index (χ1n) is 10.4. The number of halogens is 2. The SMILES string of the molecule is Cc1nc(Nc2cc(-c3cnc(C)c(CS(=O)(=O)c4ccc(F)cc4F)c3)ccn2)ccc1C#N. The fourth-order valence-corrected chi connectivity index (χ4v) is 4.94. The van der Waals surface area contributed by atoms with Crippen LogP contribution in [-0.2, 0) is 15.6 Å². The molecule has 0 amide bonds. The maximum Gasteiger partial charge on any atom is 0.185 e. The van der Waals surface area contributed by atoms with Crippen LogP contribution in [0.15, 0.2) is 65.8 Å². The van der Waals surface area contributed by atoms with Gasteiger partial charge in [0.1, 0.15) is 34.2 Å². The van der Waals surface area contributed by atoms with Crippen molar-refractivity contribution in [2.24, 2.45) is 0 Å². The van der Waals surface area contributed by atoms with E-state index in [1.54, 1.807) is 56.6 Å². The lowest BCUT2D eigenvalue weighted by Gasteiger charge is -2.11. The average Bonchev–Trinajstić information content (AvgIpc) is 2.80. The van der Waals surface area contributed by atoms with Gasteiger partial charge in [0.25, 0.3) is 0 Å². The van der Waals surface area contributed by atoms with Crippen molar-refractivity contribution in [2.75, 3.05) is 5.32 Å². The van der Waals surface area contributed by atoms with E-state index in [-0.39, 0.29) is 0 Å². The first-order valence-corrected chi connectivity index (χ1v) is 12.1. The zero-order chi connectivity index (χ0) is 25.2. The highest BCUT2D eigenvalue weighted by atomic mass is 32.2. The number of aromatic nitrogens is 3. The molecule has 0 aliphatic rings. The van der Waals surface area contributed by atoms with Gasteiger partial charge in [-0.2, -0.15) is 5.26 Å². The van der Waals surface area contributed by atoms with Crippen molar-refractivity contribution in [1.82, 2.24) is 15.0 Å². The fraction of sp³-hybridized carbons (Fsp3) is 0.120. The highest BCUT2D eigenvalue weighted by Crippen LogP contribution is 2.27. The summed E-state index contributed by atoms with van der Waals surface area (Å²) in [7, 11) is -4.08. The normalized spacial score (nSPS) is 11.2. The monoisotopic (exact) mass is 491 g/mol. The number of nitriles is 1. The highest BCUT2D eigenvalue weighted by molar-refractivity contribution is 7.90. The Morgan fingerprint density at radius 3 is 2.46 bits per heavy atom. The molecule has 35 heavy (non-hydrogen) atoms. The minimum absolute atomic E-state index is 0.391. The van der Waals surface area contributed by atoms with Crippen molar-refractivity contribution >= 4 is 21.5 Å². The van der Waals surface area contributed by atoms with E-state index < -0.39 is 32.1 Å². The molecular weight excluding hydrogens is 472 g/mol. The van der Waals surface area contributed by atoms with Gasteiger partial charge in [0.15, 0.2) is 9.84 Å². The van der Waals surface area contributed by atoms with E-state index in [1.165, 1.54) is 0 Å². The van der Waals surface area contributed by atoms with E-state index in [0.29, 0.717) is 51.3 Å². The van der Waals surface area contributed by atoms with Gasteiger partial charge in [-0.25, -0.2) is 27.2 Å². The van der Waals surface area contributed by atoms with E-state index in [4.69, 9.17) is 5.26 Å². The van der Waals surface area contributed by atoms with Gasteiger partial charge >= 0.3 is 0 Å². The zero-order valence-electron chi connectivity index (χ0n) is 18.8. The second-order valence-corrected chi connectivity index (χ2v) is 9.76. The molecule has 4 aromatic rings. The summed E-state index contributed by atoms with van der Waals surface area (Å²) in [5.41, 5.74) is 3.28. The van der Waals surface area contributed by atoms with Crippen LogP contribution in [0.3, 0.4) is 0 Å². The molecule has 3 heterocycles. The maximum atomic E-state index is 14.1. The van der Waals surface area contributed by atoms with Crippen LogP contribution in [0.5, 0.6) is 0 Å². The molecule has 0 bridgehead atoms. The maximum absolute atomic E-state index is 14.1. The zero-order valence-corrected chi connectivity index (χ0v) is 19.6. The Morgan fingerprint density at radius 1 is 0.943 bits per heavy atom. The van der Waals surface area contributed by atoms with Gasteiger partial charge in [-0.1, -0.05) is 0 Å². The number of nitrogens with zero attached hydrogens (tertiary/aromatic N) is 4. The number of hydrogen-bond donors (Lipinski definition) is 1. The molecule has 0 atom stereocenters. The van der Waals surface area contributed by atoms with Crippen LogP contribution in [0, 0.1) is 36.8 Å². The Labute approximate surface area is 201 Å². The van der Waals surface area contributed by atoms with Crippen LogP contribution in [0.2, 0.25) is 0 Å². The smallest absolute Gasteiger partial charge is 0.185 e. The molecule has 0 unspecified atom stereocenters. The molecule has 0 aliphatic carbocycles. The van der Waals surface area contributed by atoms with Crippen molar-refractivity contribution in [3.05, 3.63) is 95.1 Å². The largest absolute Gasteiger partial charge is 0.325 e. The highest BCUT2D eigenvalue weighted by Gasteiger charge is 2.22. The lowest BCUT2D eigenvalue weighted by atomic mass is 10.1. The summed E-state index contributed by atoms with van der Waals surface area (Å²) in [4.78, 5) is 12.4. The number of rotatable bonds is 6. The summed E-state index contributed by atoms with van der Waals surface area (Å²) >= 11 is 0. The van der Waals surface area contributed by atoms with Crippen LogP contribution in [-0.4, -0.2) is 23.4 Å². The van der Waals surface area contributed by atoms with Crippen molar-refractivity contribution in [1.29, 1.82) is 5.26 Å².